The molecule has 1 amide bonds. The number of carbonyl (C=O) groups is 1. The smallest absolute Gasteiger partial charge is 0.251 e. The van der Waals surface area contributed by atoms with Gasteiger partial charge in [0.05, 0.1) is 0 Å². The van der Waals surface area contributed by atoms with Crippen LogP contribution in [0.4, 0.5) is 0 Å². The lowest BCUT2D eigenvalue weighted by Crippen LogP contribution is -2.44. The van der Waals surface area contributed by atoms with Gasteiger partial charge in [-0.05, 0) is 57.3 Å². The highest BCUT2D eigenvalue weighted by atomic mass is 16.3. The van der Waals surface area contributed by atoms with Crippen LogP contribution in [0.15, 0.2) is 30.5 Å². The second-order valence-corrected chi connectivity index (χ2v) is 7.00. The first-order valence-electron chi connectivity index (χ1n) is 9.35. The summed E-state index contributed by atoms with van der Waals surface area (Å²) in [6, 6.07) is 8.51. The molecule has 1 aliphatic rings. The van der Waals surface area contributed by atoms with Gasteiger partial charge < -0.3 is 19.9 Å². The molecule has 1 fully saturated rings. The highest BCUT2D eigenvalue weighted by Crippen LogP contribution is 2.32. The van der Waals surface area contributed by atoms with E-state index in [2.05, 4.69) is 40.3 Å². The van der Waals surface area contributed by atoms with Crippen molar-refractivity contribution < 1.29 is 9.90 Å². The van der Waals surface area contributed by atoms with Crippen molar-refractivity contribution >= 4 is 16.8 Å². The molecular formula is C20H29N3O2. The van der Waals surface area contributed by atoms with Gasteiger partial charge in [0.2, 0.25) is 0 Å². The molecule has 5 nitrogen and oxygen atoms in total. The molecular weight excluding hydrogens is 314 g/mol. The Bertz CT molecular complexity index is 702. The molecule has 1 saturated heterocycles. The number of rotatable bonds is 6. The van der Waals surface area contributed by atoms with Crippen LogP contribution in [-0.2, 0) is 4.79 Å². The number of H-pyrrole nitrogens is 1. The molecule has 0 unspecified atom stereocenters. The SMILES string of the molecule is CCN(CCN1CCC(c2c[nH]c3ccccc23)CC1)C(=O)[C@H](C)O. The Morgan fingerprint density at radius 3 is 2.76 bits per heavy atom. The number of benzene rings is 1. The van der Waals surface area contributed by atoms with Crippen molar-refractivity contribution in [2.75, 3.05) is 32.7 Å². The van der Waals surface area contributed by atoms with Crippen LogP contribution in [0.2, 0.25) is 0 Å². The molecule has 1 atom stereocenters. The van der Waals surface area contributed by atoms with Crippen molar-refractivity contribution in [3.05, 3.63) is 36.0 Å². The number of fused-ring (bicyclic) bond motifs is 1. The summed E-state index contributed by atoms with van der Waals surface area (Å²) in [5.41, 5.74) is 2.66. The zero-order chi connectivity index (χ0) is 17.8. The van der Waals surface area contributed by atoms with E-state index < -0.39 is 6.10 Å². The molecule has 3 rings (SSSR count). The lowest BCUT2D eigenvalue weighted by molar-refractivity contribution is -0.139. The number of likely N-dealkylation sites (tertiary alicyclic amines) is 1. The second-order valence-electron chi connectivity index (χ2n) is 7.00. The minimum atomic E-state index is -0.910. The predicted molar refractivity (Wildman–Crippen MR) is 101 cm³/mol. The van der Waals surface area contributed by atoms with E-state index in [0.717, 1.165) is 32.5 Å². The summed E-state index contributed by atoms with van der Waals surface area (Å²) >= 11 is 0. The van der Waals surface area contributed by atoms with Crippen LogP contribution < -0.4 is 0 Å². The van der Waals surface area contributed by atoms with Crippen molar-refractivity contribution in [3.63, 3.8) is 0 Å². The number of hydrogen-bond donors (Lipinski definition) is 2. The molecule has 5 heteroatoms. The number of piperidine rings is 1. The molecule has 1 aliphatic heterocycles. The molecule has 136 valence electrons. The van der Waals surface area contributed by atoms with Crippen LogP contribution >= 0.6 is 0 Å². The van der Waals surface area contributed by atoms with Gasteiger partial charge >= 0.3 is 0 Å². The van der Waals surface area contributed by atoms with E-state index in [-0.39, 0.29) is 5.91 Å². The molecule has 0 bridgehead atoms. The third-order valence-electron chi connectivity index (χ3n) is 5.39. The molecule has 1 aromatic carbocycles. The molecule has 25 heavy (non-hydrogen) atoms. The minimum absolute atomic E-state index is 0.170. The summed E-state index contributed by atoms with van der Waals surface area (Å²) in [7, 11) is 0. The van der Waals surface area contributed by atoms with Crippen LogP contribution in [0.1, 0.15) is 38.2 Å². The van der Waals surface area contributed by atoms with Crippen LogP contribution in [0, 0.1) is 0 Å². The van der Waals surface area contributed by atoms with Gasteiger partial charge in [0.1, 0.15) is 6.10 Å². The largest absolute Gasteiger partial charge is 0.384 e. The van der Waals surface area contributed by atoms with Gasteiger partial charge in [0.25, 0.3) is 5.91 Å². The highest BCUT2D eigenvalue weighted by molar-refractivity contribution is 5.83. The lowest BCUT2D eigenvalue weighted by Gasteiger charge is -2.33. The molecule has 2 N–H and O–H groups in total. The summed E-state index contributed by atoms with van der Waals surface area (Å²) in [5.74, 6) is 0.435. The summed E-state index contributed by atoms with van der Waals surface area (Å²) in [6.45, 7) is 7.84. The number of amides is 1. The summed E-state index contributed by atoms with van der Waals surface area (Å²) in [4.78, 5) is 19.5. The van der Waals surface area contributed by atoms with Crippen molar-refractivity contribution in [1.82, 2.24) is 14.8 Å². The van der Waals surface area contributed by atoms with E-state index in [4.69, 9.17) is 0 Å². The Labute approximate surface area is 149 Å². The number of aromatic amines is 1. The van der Waals surface area contributed by atoms with E-state index in [9.17, 15) is 9.90 Å². The number of hydrogen-bond acceptors (Lipinski definition) is 3. The number of aliphatic hydroxyl groups excluding tert-OH is 1. The van der Waals surface area contributed by atoms with Gasteiger partial charge in [-0.15, -0.1) is 0 Å². The van der Waals surface area contributed by atoms with E-state index in [1.54, 1.807) is 4.90 Å². The van der Waals surface area contributed by atoms with Gasteiger partial charge in [-0.2, -0.15) is 0 Å². The first-order chi connectivity index (χ1) is 12.1. The molecule has 2 aromatic rings. The summed E-state index contributed by atoms with van der Waals surface area (Å²) < 4.78 is 0. The maximum Gasteiger partial charge on any atom is 0.251 e. The fraction of sp³-hybridized carbons (Fsp3) is 0.550. The monoisotopic (exact) mass is 343 g/mol. The fourth-order valence-electron chi connectivity index (χ4n) is 3.85. The standard InChI is InChI=1S/C20H29N3O2/c1-3-23(20(25)15(2)24)13-12-22-10-8-16(9-11-22)18-14-21-19-7-5-4-6-17(18)19/h4-7,14-16,21,24H,3,8-13H2,1-2H3/t15-/m0/s1. The summed E-state index contributed by atoms with van der Waals surface area (Å²) in [6.07, 6.45) is 3.56. The van der Waals surface area contributed by atoms with Crippen molar-refractivity contribution in [2.45, 2.75) is 38.7 Å². The number of nitrogens with one attached hydrogen (secondary N) is 1. The molecule has 0 saturated carbocycles. The predicted octanol–water partition coefficient (Wildman–Crippen LogP) is 2.58. The van der Waals surface area contributed by atoms with Crippen LogP contribution in [0.25, 0.3) is 10.9 Å². The van der Waals surface area contributed by atoms with E-state index in [0.29, 0.717) is 19.0 Å². The Kier molecular flexibility index (Phi) is 5.76. The van der Waals surface area contributed by atoms with Crippen molar-refractivity contribution in [1.29, 1.82) is 0 Å². The molecule has 0 aliphatic carbocycles. The highest BCUT2D eigenvalue weighted by Gasteiger charge is 2.24. The molecule has 2 heterocycles. The first-order valence-corrected chi connectivity index (χ1v) is 9.35. The van der Waals surface area contributed by atoms with Gasteiger partial charge in [-0.1, -0.05) is 18.2 Å². The van der Waals surface area contributed by atoms with Crippen molar-refractivity contribution in [2.24, 2.45) is 0 Å². The van der Waals surface area contributed by atoms with E-state index in [1.807, 2.05) is 6.92 Å². The van der Waals surface area contributed by atoms with Crippen LogP contribution in [-0.4, -0.2) is 64.6 Å². The number of nitrogens with zero attached hydrogens (tertiary/aromatic N) is 2. The average Bonchev–Trinajstić information content (AvgIpc) is 3.06. The Morgan fingerprint density at radius 2 is 2.08 bits per heavy atom. The minimum Gasteiger partial charge on any atom is -0.384 e. The van der Waals surface area contributed by atoms with Crippen LogP contribution in [0.5, 0.6) is 0 Å². The average molecular weight is 343 g/mol. The molecule has 0 radical (unpaired) electrons. The first kappa shape index (κ1) is 18.0. The topological polar surface area (TPSA) is 59.6 Å². The van der Waals surface area contributed by atoms with Gasteiger partial charge in [0, 0.05) is 36.7 Å². The van der Waals surface area contributed by atoms with Gasteiger partial charge in [-0.25, -0.2) is 0 Å². The third kappa shape index (κ3) is 4.05. The number of para-hydroxylation sites is 1. The van der Waals surface area contributed by atoms with Gasteiger partial charge in [0.15, 0.2) is 0 Å². The normalized spacial score (nSPS) is 17.7. The molecule has 0 spiro atoms. The molecule has 1 aromatic heterocycles. The third-order valence-corrected chi connectivity index (χ3v) is 5.39. The number of likely N-dealkylation sites (N-methyl/N-ethyl adjacent to an activating group) is 1. The zero-order valence-electron chi connectivity index (χ0n) is 15.2. The van der Waals surface area contributed by atoms with Gasteiger partial charge in [-0.3, -0.25) is 4.79 Å². The lowest BCUT2D eigenvalue weighted by atomic mass is 9.89. The van der Waals surface area contributed by atoms with Crippen LogP contribution in [0.3, 0.4) is 0 Å². The van der Waals surface area contributed by atoms with Crippen molar-refractivity contribution in [3.8, 4) is 0 Å². The maximum absolute atomic E-state index is 11.9. The quantitative estimate of drug-likeness (QED) is 0.847. The summed E-state index contributed by atoms with van der Waals surface area (Å²) in [5, 5.41) is 10.8. The Hall–Kier alpha value is -1.85. The van der Waals surface area contributed by atoms with E-state index in [1.165, 1.54) is 23.4 Å². The Balaban J connectivity index is 1.53. The fourth-order valence-corrected chi connectivity index (χ4v) is 3.85. The Morgan fingerprint density at radius 1 is 1.36 bits per heavy atom. The zero-order valence-corrected chi connectivity index (χ0v) is 15.2. The van der Waals surface area contributed by atoms with E-state index >= 15 is 0 Å². The number of aliphatic hydroxyl groups is 1. The number of aromatic nitrogens is 1. The maximum atomic E-state index is 11.9. The second kappa shape index (κ2) is 8.02. The number of carbonyl (C=O) groups excluding carboxylic acids is 1.